The molecule has 1 aromatic heterocycles. The van der Waals surface area contributed by atoms with Gasteiger partial charge in [-0.15, -0.1) is 0 Å². The minimum Gasteiger partial charge on any atom is -0.366 e. The normalized spacial score (nSPS) is 10.2. The Kier molecular flexibility index (Phi) is 4.47. The van der Waals surface area contributed by atoms with Gasteiger partial charge in [0.05, 0.1) is 0 Å². The quantitative estimate of drug-likeness (QED) is 0.465. The van der Waals surface area contributed by atoms with E-state index in [-0.39, 0.29) is 16.9 Å². The first-order valence-electron chi connectivity index (χ1n) is 6.07. The van der Waals surface area contributed by atoms with Crippen LogP contribution in [0.2, 0.25) is 0 Å². The summed E-state index contributed by atoms with van der Waals surface area (Å²) in [6.07, 6.45) is 1.72. The molecule has 8 nitrogen and oxygen atoms in total. The molecule has 0 aliphatic heterocycles. The summed E-state index contributed by atoms with van der Waals surface area (Å²) in [7, 11) is 0. The Morgan fingerprint density at radius 1 is 1.27 bits per heavy atom. The number of hydrogen-bond donors (Lipinski definition) is 4. The van der Waals surface area contributed by atoms with Crippen molar-refractivity contribution in [2.75, 3.05) is 11.6 Å². The largest absolute Gasteiger partial charge is 0.366 e. The van der Waals surface area contributed by atoms with E-state index in [0.717, 1.165) is 0 Å². The number of H-pyrrole nitrogens is 1. The molecule has 114 valence electrons. The van der Waals surface area contributed by atoms with E-state index in [0.29, 0.717) is 10.8 Å². The maximum absolute atomic E-state index is 11.9. The number of carbonyl (C=O) groups is 2. The lowest BCUT2D eigenvalue weighted by atomic mass is 10.2. The van der Waals surface area contributed by atoms with Crippen molar-refractivity contribution in [2.45, 2.75) is 5.16 Å². The number of nitrogens with zero attached hydrogens (tertiary/aromatic N) is 1. The third-order valence-corrected chi connectivity index (χ3v) is 3.33. The molecule has 0 bridgehead atoms. The van der Waals surface area contributed by atoms with Gasteiger partial charge in [-0.25, -0.2) is 4.98 Å². The van der Waals surface area contributed by atoms with Gasteiger partial charge in [0.15, 0.2) is 11.0 Å². The van der Waals surface area contributed by atoms with Crippen LogP contribution in [0.25, 0.3) is 0 Å². The Morgan fingerprint density at radius 2 is 2.00 bits per heavy atom. The van der Waals surface area contributed by atoms with E-state index in [1.807, 2.05) is 0 Å². The highest BCUT2D eigenvalue weighted by molar-refractivity contribution is 7.98. The van der Waals surface area contributed by atoms with Crippen LogP contribution >= 0.6 is 11.8 Å². The third kappa shape index (κ3) is 3.26. The fourth-order valence-corrected chi connectivity index (χ4v) is 2.13. The van der Waals surface area contributed by atoms with Crippen LogP contribution in [-0.2, 0) is 0 Å². The van der Waals surface area contributed by atoms with Crippen molar-refractivity contribution in [3.8, 4) is 0 Å². The highest BCUT2D eigenvalue weighted by atomic mass is 32.2. The number of aromatic nitrogens is 2. The zero-order valence-corrected chi connectivity index (χ0v) is 12.4. The maximum atomic E-state index is 11.9. The molecular formula is C13H13N5O3S. The predicted octanol–water partition coefficient (Wildman–Crippen LogP) is 0.433. The van der Waals surface area contributed by atoms with Gasteiger partial charge >= 0.3 is 0 Å². The molecule has 0 saturated heterocycles. The smallest absolute Gasteiger partial charge is 0.266 e. The van der Waals surface area contributed by atoms with Crippen LogP contribution in [0, 0.1) is 0 Å². The number of primary amides is 2. The minimum atomic E-state index is -0.907. The van der Waals surface area contributed by atoms with Crippen molar-refractivity contribution in [3.63, 3.8) is 0 Å². The van der Waals surface area contributed by atoms with Crippen LogP contribution in [0.3, 0.4) is 0 Å². The maximum Gasteiger partial charge on any atom is 0.266 e. The van der Waals surface area contributed by atoms with E-state index in [1.165, 1.54) is 17.8 Å². The molecule has 0 atom stereocenters. The lowest BCUT2D eigenvalue weighted by Gasteiger charge is -2.10. The van der Waals surface area contributed by atoms with E-state index in [1.54, 1.807) is 24.5 Å². The average molecular weight is 319 g/mol. The van der Waals surface area contributed by atoms with Crippen LogP contribution in [-0.4, -0.2) is 28.0 Å². The summed E-state index contributed by atoms with van der Waals surface area (Å²) in [4.78, 5) is 41.1. The zero-order chi connectivity index (χ0) is 16.3. The average Bonchev–Trinajstić information content (AvgIpc) is 2.46. The molecule has 1 heterocycles. The SMILES string of the molecule is CSc1nc(Nc2cccc(C(N)=O)c2)c(C(N)=O)c(=O)[nH]1. The molecule has 0 unspecified atom stereocenters. The van der Waals surface area contributed by atoms with Gasteiger partial charge in [-0.2, -0.15) is 0 Å². The van der Waals surface area contributed by atoms with Crippen LogP contribution in [0.5, 0.6) is 0 Å². The Hall–Kier alpha value is -2.81. The molecule has 0 aliphatic rings. The summed E-state index contributed by atoms with van der Waals surface area (Å²) in [5, 5.41) is 3.13. The first kappa shape index (κ1) is 15.6. The molecular weight excluding hydrogens is 306 g/mol. The van der Waals surface area contributed by atoms with Crippen molar-refractivity contribution < 1.29 is 9.59 Å². The van der Waals surface area contributed by atoms with Crippen LogP contribution in [0.15, 0.2) is 34.2 Å². The number of carbonyl (C=O) groups excluding carboxylic acids is 2. The van der Waals surface area contributed by atoms with Gasteiger partial charge in [0, 0.05) is 11.3 Å². The number of nitrogens with one attached hydrogen (secondary N) is 2. The van der Waals surface area contributed by atoms with Crippen molar-refractivity contribution in [2.24, 2.45) is 11.5 Å². The van der Waals surface area contributed by atoms with Crippen molar-refractivity contribution in [3.05, 3.63) is 45.7 Å². The van der Waals surface area contributed by atoms with Crippen molar-refractivity contribution in [1.29, 1.82) is 0 Å². The second-order valence-electron chi connectivity index (χ2n) is 4.23. The molecule has 22 heavy (non-hydrogen) atoms. The number of amides is 2. The molecule has 1 aromatic carbocycles. The Balaban J connectivity index is 2.50. The number of benzene rings is 1. The minimum absolute atomic E-state index is 0.0159. The van der Waals surface area contributed by atoms with Gasteiger partial charge < -0.3 is 21.8 Å². The first-order chi connectivity index (χ1) is 10.4. The molecule has 0 fully saturated rings. The third-order valence-electron chi connectivity index (χ3n) is 2.75. The van der Waals surface area contributed by atoms with E-state index in [9.17, 15) is 14.4 Å². The highest BCUT2D eigenvalue weighted by Crippen LogP contribution is 2.19. The van der Waals surface area contributed by atoms with E-state index < -0.39 is 17.4 Å². The standard InChI is InChI=1S/C13H13N5O3S/c1-22-13-17-11(8(10(15)20)12(21)18-13)16-7-4-2-3-6(5-7)9(14)19/h2-5H,1H3,(H2,14,19)(H2,15,20)(H2,16,17,18,21). The Bertz CT molecular complexity index is 803. The van der Waals surface area contributed by atoms with Gasteiger partial charge in [0.2, 0.25) is 5.91 Å². The molecule has 0 spiro atoms. The first-order valence-corrected chi connectivity index (χ1v) is 7.30. The number of rotatable bonds is 5. The molecule has 0 saturated carbocycles. The molecule has 2 aromatic rings. The summed E-state index contributed by atoms with van der Waals surface area (Å²) < 4.78 is 0. The van der Waals surface area contributed by atoms with Crippen LogP contribution < -0.4 is 22.3 Å². The number of thioether (sulfide) groups is 1. The number of hydrogen-bond acceptors (Lipinski definition) is 6. The Morgan fingerprint density at radius 3 is 2.59 bits per heavy atom. The zero-order valence-electron chi connectivity index (χ0n) is 11.5. The fourth-order valence-electron chi connectivity index (χ4n) is 1.76. The molecule has 9 heteroatoms. The molecule has 0 radical (unpaired) electrons. The van der Waals surface area contributed by atoms with Gasteiger partial charge in [-0.1, -0.05) is 17.8 Å². The lowest BCUT2D eigenvalue weighted by molar-refractivity contribution is 0.0991. The van der Waals surface area contributed by atoms with Crippen LogP contribution in [0.1, 0.15) is 20.7 Å². The summed E-state index contributed by atoms with van der Waals surface area (Å²) in [5.74, 6) is -1.49. The number of nitrogens with two attached hydrogens (primary N) is 2. The summed E-state index contributed by atoms with van der Waals surface area (Å²) in [6.45, 7) is 0. The topological polar surface area (TPSA) is 144 Å². The van der Waals surface area contributed by atoms with E-state index in [2.05, 4.69) is 15.3 Å². The summed E-state index contributed by atoms with van der Waals surface area (Å²) >= 11 is 1.20. The molecule has 2 rings (SSSR count). The van der Waals surface area contributed by atoms with Crippen LogP contribution in [0.4, 0.5) is 11.5 Å². The second-order valence-corrected chi connectivity index (χ2v) is 5.03. The molecule has 2 amide bonds. The number of anilines is 2. The fraction of sp³-hybridized carbons (Fsp3) is 0.0769. The van der Waals surface area contributed by atoms with Gasteiger partial charge in [-0.05, 0) is 24.5 Å². The molecule has 6 N–H and O–H groups in total. The Labute approximate surface area is 129 Å². The highest BCUT2D eigenvalue weighted by Gasteiger charge is 2.17. The lowest BCUT2D eigenvalue weighted by Crippen LogP contribution is -2.26. The monoisotopic (exact) mass is 319 g/mol. The number of aromatic amines is 1. The summed E-state index contributed by atoms with van der Waals surface area (Å²) in [5.41, 5.74) is 10.2. The molecule has 0 aliphatic carbocycles. The predicted molar refractivity (Wildman–Crippen MR) is 83.4 cm³/mol. The van der Waals surface area contributed by atoms with Gasteiger partial charge in [0.1, 0.15) is 5.56 Å². The van der Waals surface area contributed by atoms with E-state index >= 15 is 0 Å². The van der Waals surface area contributed by atoms with Crippen molar-refractivity contribution >= 4 is 35.1 Å². The summed E-state index contributed by atoms with van der Waals surface area (Å²) in [6, 6.07) is 6.27. The van der Waals surface area contributed by atoms with Crippen molar-refractivity contribution in [1.82, 2.24) is 9.97 Å². The van der Waals surface area contributed by atoms with E-state index in [4.69, 9.17) is 11.5 Å². The second kappa shape index (κ2) is 6.31. The van der Waals surface area contributed by atoms with Gasteiger partial charge in [-0.3, -0.25) is 14.4 Å². The van der Waals surface area contributed by atoms with Gasteiger partial charge in [0.25, 0.3) is 11.5 Å².